The maximum Gasteiger partial charge on any atom is 0.254 e. The lowest BCUT2D eigenvalue weighted by atomic mass is 10.0. The molecule has 4 aliphatic rings. The first-order chi connectivity index (χ1) is 27.9. The number of methoxy groups -OCH3 is 2. The van der Waals surface area contributed by atoms with Crippen molar-refractivity contribution < 1.29 is 38.6 Å². The van der Waals surface area contributed by atoms with Crippen LogP contribution < -0.4 is 20.1 Å². The number of benzene rings is 4. The van der Waals surface area contributed by atoms with Crippen LogP contribution in [0.25, 0.3) is 0 Å². The van der Waals surface area contributed by atoms with Gasteiger partial charge in [-0.2, -0.15) is 0 Å². The molecule has 3 N–H and O–H groups in total. The molecule has 0 radical (unpaired) electrons. The van der Waals surface area contributed by atoms with Crippen LogP contribution in [0.4, 0.5) is 0 Å². The highest BCUT2D eigenvalue weighted by atomic mass is 79.9. The fraction of sp³-hybridized carbons (Fsp3) is 0.341. The Balaban J connectivity index is 0.000000177. The first-order valence-electron chi connectivity index (χ1n) is 19.2. The molecule has 0 spiro atoms. The van der Waals surface area contributed by atoms with Crippen molar-refractivity contribution in [1.29, 1.82) is 0 Å². The number of carbonyl (C=O) groups excluding carboxylic acids is 5. The van der Waals surface area contributed by atoms with Crippen molar-refractivity contribution in [3.63, 3.8) is 0 Å². The number of hydrogen-bond acceptors (Lipinski definition) is 8. The van der Waals surface area contributed by atoms with Gasteiger partial charge in [0.2, 0.25) is 0 Å². The molecule has 12 nitrogen and oxygen atoms in total. The number of amides is 4. The zero-order valence-electron chi connectivity index (χ0n) is 32.1. The van der Waals surface area contributed by atoms with Crippen molar-refractivity contribution in [2.75, 3.05) is 27.3 Å². The van der Waals surface area contributed by atoms with Gasteiger partial charge in [-0.25, -0.2) is 0 Å². The number of ether oxygens (including phenoxy) is 2. The second-order valence-corrected chi connectivity index (χ2v) is 16.7. The van der Waals surface area contributed by atoms with E-state index in [0.29, 0.717) is 40.2 Å². The average molecular weight is 917 g/mol. The highest BCUT2D eigenvalue weighted by Crippen LogP contribution is 2.36. The summed E-state index contributed by atoms with van der Waals surface area (Å²) in [6.45, 7) is 0.306. The minimum atomic E-state index is -0.606. The smallest absolute Gasteiger partial charge is 0.254 e. The quantitative estimate of drug-likeness (QED) is 0.157. The summed E-state index contributed by atoms with van der Waals surface area (Å²) in [4.78, 5) is 66.6. The van der Waals surface area contributed by atoms with Crippen molar-refractivity contribution in [3.8, 4) is 11.5 Å². The van der Waals surface area contributed by atoms with Gasteiger partial charge in [0, 0.05) is 47.3 Å². The van der Waals surface area contributed by atoms with Crippen LogP contribution in [0.1, 0.15) is 103 Å². The van der Waals surface area contributed by atoms with Gasteiger partial charge in [-0.15, -0.1) is 0 Å². The maximum atomic E-state index is 13.2. The summed E-state index contributed by atoms with van der Waals surface area (Å²) in [5.74, 6) is 0.505. The number of β-amino-alcohol motifs (C(OH)–C–C–N with tert-alkyl or cyclic N) is 1. The van der Waals surface area contributed by atoms with Gasteiger partial charge >= 0.3 is 0 Å². The summed E-state index contributed by atoms with van der Waals surface area (Å²) in [6, 6.07) is 24.7. The number of rotatable bonds is 10. The Kier molecular flexibility index (Phi) is 12.6. The van der Waals surface area contributed by atoms with E-state index in [1.165, 1.54) is 7.11 Å². The summed E-state index contributed by atoms with van der Waals surface area (Å²) >= 11 is 6.78. The SMILES string of the molecule is COc1cc(C(=O)N2CC(=O)C[C@@H]2c2cccc(C(=O)NC3CC3)c2)ccc1Br.COc1cc(C(=O)N2CC(O)C[C@@H]2c2cccc(C(=O)NC3CC3)c2)ccc1Br. The van der Waals surface area contributed by atoms with Gasteiger partial charge in [-0.05, 0) is 136 Å². The lowest BCUT2D eigenvalue weighted by molar-refractivity contribution is -0.116. The Morgan fingerprint density at radius 1 is 0.655 bits per heavy atom. The predicted molar refractivity (Wildman–Crippen MR) is 223 cm³/mol. The zero-order valence-corrected chi connectivity index (χ0v) is 35.3. The van der Waals surface area contributed by atoms with E-state index in [1.807, 2.05) is 24.3 Å². The number of nitrogens with zero attached hydrogens (tertiary/aromatic N) is 2. The third kappa shape index (κ3) is 9.62. The number of aliphatic hydroxyl groups is 1. The van der Waals surface area contributed by atoms with Crippen LogP contribution in [-0.2, 0) is 4.79 Å². The monoisotopic (exact) mass is 914 g/mol. The number of likely N-dealkylation sites (tertiary alicyclic amines) is 2. The van der Waals surface area contributed by atoms with E-state index in [1.54, 1.807) is 77.6 Å². The third-order valence-corrected chi connectivity index (χ3v) is 11.9. The summed E-state index contributed by atoms with van der Waals surface area (Å²) in [7, 11) is 3.09. The van der Waals surface area contributed by atoms with E-state index < -0.39 is 12.1 Å². The molecular weight excluding hydrogens is 872 g/mol. The van der Waals surface area contributed by atoms with E-state index in [0.717, 1.165) is 45.8 Å². The fourth-order valence-electron chi connectivity index (χ4n) is 7.24. The van der Waals surface area contributed by atoms with Crippen molar-refractivity contribution in [1.82, 2.24) is 20.4 Å². The number of Topliss-reactive ketones (excluding diaryl/α,β-unsaturated/α-hetero) is 1. The van der Waals surface area contributed by atoms with Crippen molar-refractivity contribution in [2.24, 2.45) is 0 Å². The molecule has 58 heavy (non-hydrogen) atoms. The zero-order chi connectivity index (χ0) is 41.1. The minimum absolute atomic E-state index is 0.000242. The van der Waals surface area contributed by atoms with Gasteiger partial charge in [-0.1, -0.05) is 24.3 Å². The second-order valence-electron chi connectivity index (χ2n) is 15.0. The van der Waals surface area contributed by atoms with Gasteiger partial charge in [0.05, 0.1) is 47.9 Å². The van der Waals surface area contributed by atoms with E-state index in [9.17, 15) is 29.1 Å². The van der Waals surface area contributed by atoms with Crippen LogP contribution in [0.15, 0.2) is 93.9 Å². The molecular formula is C44H44Br2N4O8. The average Bonchev–Trinajstić information content (AvgIpc) is 4.16. The summed E-state index contributed by atoms with van der Waals surface area (Å²) < 4.78 is 12.1. The molecule has 302 valence electrons. The molecule has 0 bridgehead atoms. The fourth-order valence-corrected chi connectivity index (χ4v) is 8.06. The summed E-state index contributed by atoms with van der Waals surface area (Å²) in [5.41, 5.74) is 3.71. The molecule has 14 heteroatoms. The van der Waals surface area contributed by atoms with E-state index in [2.05, 4.69) is 42.5 Å². The van der Waals surface area contributed by atoms with Crippen molar-refractivity contribution in [2.45, 2.75) is 68.8 Å². The lowest BCUT2D eigenvalue weighted by Gasteiger charge is -2.25. The van der Waals surface area contributed by atoms with Gasteiger partial charge in [-0.3, -0.25) is 24.0 Å². The number of aliphatic hydroxyl groups excluding tert-OH is 1. The van der Waals surface area contributed by atoms with E-state index in [4.69, 9.17) is 9.47 Å². The van der Waals surface area contributed by atoms with E-state index in [-0.39, 0.29) is 67.0 Å². The van der Waals surface area contributed by atoms with Gasteiger partial charge < -0.3 is 35.0 Å². The Bertz CT molecular complexity index is 2240. The Labute approximate surface area is 353 Å². The number of nitrogens with one attached hydrogen (secondary N) is 2. The third-order valence-electron chi connectivity index (χ3n) is 10.6. The maximum absolute atomic E-state index is 13.2. The van der Waals surface area contributed by atoms with Crippen molar-refractivity contribution >= 4 is 61.3 Å². The standard InChI is InChI=1S/C22H23BrN2O4.C22H21BrN2O4/c2*1-29-20-10-15(5-8-18(20)23)22(28)25-12-17(26)11-19(25)13-3-2-4-14(9-13)21(27)24-16-6-7-16/h2-5,8-10,16-17,19,26H,6-7,11-12H2,1H3,(H,24,27);2-5,8-10,16,19H,6-7,11-12H2,1H3,(H,24,27)/t17?,19-;19-/m11/s1. The topological polar surface area (TPSA) is 155 Å². The second kappa shape index (κ2) is 17.8. The van der Waals surface area contributed by atoms with Crippen LogP contribution in [0.3, 0.4) is 0 Å². The van der Waals surface area contributed by atoms with Gasteiger partial charge in [0.15, 0.2) is 5.78 Å². The van der Waals surface area contributed by atoms with Crippen molar-refractivity contribution in [3.05, 3.63) is 127 Å². The molecule has 8 rings (SSSR count). The highest BCUT2D eigenvalue weighted by molar-refractivity contribution is 9.10. The highest BCUT2D eigenvalue weighted by Gasteiger charge is 2.38. The number of ketones is 1. The van der Waals surface area contributed by atoms with Crippen LogP contribution in [0.2, 0.25) is 0 Å². The van der Waals surface area contributed by atoms with Gasteiger partial charge in [0.1, 0.15) is 11.5 Å². The molecule has 4 amide bonds. The summed E-state index contributed by atoms with van der Waals surface area (Å²) in [6.07, 6.45) is 4.16. The molecule has 0 aromatic heterocycles. The van der Waals surface area contributed by atoms with Crippen LogP contribution in [0.5, 0.6) is 11.5 Å². The molecule has 4 aromatic rings. The number of halogens is 2. The molecule has 2 heterocycles. The van der Waals surface area contributed by atoms with Crippen LogP contribution >= 0.6 is 31.9 Å². The molecule has 1 unspecified atom stereocenters. The number of hydrogen-bond donors (Lipinski definition) is 3. The molecule has 2 aliphatic heterocycles. The lowest BCUT2D eigenvalue weighted by Crippen LogP contribution is -2.32. The molecule has 2 saturated heterocycles. The Morgan fingerprint density at radius 3 is 1.62 bits per heavy atom. The molecule has 2 aliphatic carbocycles. The predicted octanol–water partition coefficient (Wildman–Crippen LogP) is 6.80. The Morgan fingerprint density at radius 2 is 1.14 bits per heavy atom. The molecule has 2 saturated carbocycles. The normalized spacial score (nSPS) is 19.9. The van der Waals surface area contributed by atoms with Crippen LogP contribution in [-0.4, -0.2) is 89.8 Å². The minimum Gasteiger partial charge on any atom is -0.496 e. The first kappa shape index (κ1) is 41.1. The number of carbonyl (C=O) groups is 5. The first-order valence-corrected chi connectivity index (χ1v) is 20.8. The Hall–Kier alpha value is -5.05. The van der Waals surface area contributed by atoms with Gasteiger partial charge in [0.25, 0.3) is 23.6 Å². The van der Waals surface area contributed by atoms with E-state index >= 15 is 0 Å². The molecule has 3 atom stereocenters. The largest absolute Gasteiger partial charge is 0.496 e. The molecule has 4 fully saturated rings. The molecule has 4 aromatic carbocycles. The summed E-state index contributed by atoms with van der Waals surface area (Å²) in [5, 5.41) is 16.2. The van der Waals surface area contributed by atoms with Crippen LogP contribution in [0, 0.1) is 0 Å².